The van der Waals surface area contributed by atoms with E-state index in [0.29, 0.717) is 15.8 Å². The minimum atomic E-state index is -3.86. The number of aryl methyl sites for hydroxylation is 1. The topological polar surface area (TPSA) is 83.5 Å². The zero-order chi connectivity index (χ0) is 15.3. The Bertz CT molecular complexity index is 589. The molecule has 1 atom stereocenters. The lowest BCUT2D eigenvalue weighted by molar-refractivity contribution is -0.139. The average Bonchev–Trinajstić information content (AvgIpc) is 2.36. The molecule has 1 aromatic rings. The Balaban J connectivity index is 3.03. The Labute approximate surface area is 131 Å². The van der Waals surface area contributed by atoms with Crippen molar-refractivity contribution in [2.24, 2.45) is 0 Å². The third kappa shape index (κ3) is 4.76. The van der Waals surface area contributed by atoms with Gasteiger partial charge in [-0.05, 0) is 43.0 Å². The fourth-order valence-corrected chi connectivity index (χ4v) is 4.06. The summed E-state index contributed by atoms with van der Waals surface area (Å²) in [5.41, 5.74) is 0.565. The van der Waals surface area contributed by atoms with Crippen molar-refractivity contribution in [1.82, 2.24) is 4.72 Å². The molecule has 0 aliphatic rings. The van der Waals surface area contributed by atoms with Crippen LogP contribution in [-0.2, 0) is 14.8 Å². The van der Waals surface area contributed by atoms with E-state index in [1.165, 1.54) is 17.8 Å². The first-order valence-electron chi connectivity index (χ1n) is 5.78. The third-order valence-electron chi connectivity index (χ3n) is 2.65. The van der Waals surface area contributed by atoms with Crippen LogP contribution in [0.5, 0.6) is 0 Å². The number of hydrogen-bond donors (Lipinski definition) is 2. The summed E-state index contributed by atoms with van der Waals surface area (Å²) in [5, 5.41) is 9.09. The predicted octanol–water partition coefficient (Wildman–Crippen LogP) is 2.24. The van der Waals surface area contributed by atoms with E-state index < -0.39 is 22.0 Å². The van der Waals surface area contributed by atoms with E-state index in [-0.39, 0.29) is 11.3 Å². The summed E-state index contributed by atoms with van der Waals surface area (Å²) in [4.78, 5) is 11.2. The molecule has 1 rings (SSSR count). The molecule has 0 fully saturated rings. The lowest BCUT2D eigenvalue weighted by atomic mass is 10.2. The second-order valence-corrected chi connectivity index (χ2v) is 7.79. The van der Waals surface area contributed by atoms with Crippen LogP contribution in [-0.4, -0.2) is 37.5 Å². The Morgan fingerprint density at radius 3 is 2.70 bits per heavy atom. The summed E-state index contributed by atoms with van der Waals surface area (Å²) in [6, 6.07) is 3.74. The molecular weight excluding hydrogens is 366 g/mol. The van der Waals surface area contributed by atoms with Gasteiger partial charge in [0.05, 0.1) is 4.90 Å². The standard InChI is InChI=1S/C12H16BrNO4S2/c1-8-3-4-9(13)7-11(8)20(17,18)14-10(12(15)16)5-6-19-2/h3-4,7,10,14H,5-6H2,1-2H3,(H,15,16)/t10-/m0/s1. The summed E-state index contributed by atoms with van der Waals surface area (Å²) in [5.74, 6) is -0.605. The number of hydrogen-bond acceptors (Lipinski definition) is 4. The van der Waals surface area contributed by atoms with E-state index in [1.807, 2.05) is 6.26 Å². The van der Waals surface area contributed by atoms with Crippen LogP contribution in [0.1, 0.15) is 12.0 Å². The number of thioether (sulfide) groups is 1. The molecule has 20 heavy (non-hydrogen) atoms. The van der Waals surface area contributed by atoms with Crippen LogP contribution >= 0.6 is 27.7 Å². The van der Waals surface area contributed by atoms with Crippen LogP contribution in [0.2, 0.25) is 0 Å². The largest absolute Gasteiger partial charge is 0.480 e. The van der Waals surface area contributed by atoms with Gasteiger partial charge in [0.1, 0.15) is 6.04 Å². The third-order valence-corrected chi connectivity index (χ3v) is 5.40. The molecule has 2 N–H and O–H groups in total. The first kappa shape index (κ1) is 17.5. The summed E-state index contributed by atoms with van der Waals surface area (Å²) < 4.78 is 27.4. The molecule has 112 valence electrons. The Morgan fingerprint density at radius 2 is 2.15 bits per heavy atom. The Hall–Kier alpha value is -0.570. The summed E-state index contributed by atoms with van der Waals surface area (Å²) >= 11 is 4.68. The fourth-order valence-electron chi connectivity index (χ4n) is 1.58. The van der Waals surface area contributed by atoms with Gasteiger partial charge < -0.3 is 5.11 Å². The lowest BCUT2D eigenvalue weighted by Crippen LogP contribution is -2.41. The monoisotopic (exact) mass is 381 g/mol. The Morgan fingerprint density at radius 1 is 1.50 bits per heavy atom. The smallest absolute Gasteiger partial charge is 0.321 e. The lowest BCUT2D eigenvalue weighted by Gasteiger charge is -2.15. The molecule has 0 heterocycles. The highest BCUT2D eigenvalue weighted by Crippen LogP contribution is 2.21. The molecule has 0 saturated carbocycles. The van der Waals surface area contributed by atoms with E-state index in [1.54, 1.807) is 19.1 Å². The number of carboxylic acid groups (broad SMARTS) is 1. The number of halogens is 1. The highest BCUT2D eigenvalue weighted by molar-refractivity contribution is 9.10. The van der Waals surface area contributed by atoms with Crippen LogP contribution in [0.4, 0.5) is 0 Å². The predicted molar refractivity (Wildman–Crippen MR) is 83.6 cm³/mol. The van der Waals surface area contributed by atoms with Gasteiger partial charge in [-0.2, -0.15) is 16.5 Å². The second-order valence-electron chi connectivity index (χ2n) is 4.20. The van der Waals surface area contributed by atoms with Crippen molar-refractivity contribution >= 4 is 43.7 Å². The minimum absolute atomic E-state index is 0.0854. The number of benzene rings is 1. The van der Waals surface area contributed by atoms with Crippen LogP contribution < -0.4 is 4.72 Å². The number of carbonyl (C=O) groups is 1. The maximum Gasteiger partial charge on any atom is 0.321 e. The molecule has 0 saturated heterocycles. The van der Waals surface area contributed by atoms with Gasteiger partial charge in [-0.3, -0.25) is 4.79 Å². The SMILES string of the molecule is CSCC[C@H](NS(=O)(=O)c1cc(Br)ccc1C)C(=O)O. The van der Waals surface area contributed by atoms with Crippen LogP contribution in [0.25, 0.3) is 0 Å². The molecule has 0 aliphatic heterocycles. The number of sulfonamides is 1. The molecular formula is C12H16BrNO4S2. The highest BCUT2D eigenvalue weighted by Gasteiger charge is 2.26. The van der Waals surface area contributed by atoms with Crippen molar-refractivity contribution in [3.63, 3.8) is 0 Å². The molecule has 0 aromatic heterocycles. The van der Waals surface area contributed by atoms with Crippen molar-refractivity contribution in [2.45, 2.75) is 24.3 Å². The van der Waals surface area contributed by atoms with Crippen molar-refractivity contribution < 1.29 is 18.3 Å². The maximum atomic E-state index is 12.3. The van der Waals surface area contributed by atoms with Gasteiger partial charge in [-0.15, -0.1) is 0 Å². The van der Waals surface area contributed by atoms with E-state index in [0.717, 1.165) is 0 Å². The van der Waals surface area contributed by atoms with Crippen molar-refractivity contribution in [1.29, 1.82) is 0 Å². The average molecular weight is 382 g/mol. The van der Waals surface area contributed by atoms with Gasteiger partial charge in [0.15, 0.2) is 0 Å². The molecule has 0 unspecified atom stereocenters. The number of rotatable bonds is 7. The molecule has 8 heteroatoms. The first-order chi connectivity index (χ1) is 9.27. The molecule has 5 nitrogen and oxygen atoms in total. The van der Waals surface area contributed by atoms with Gasteiger partial charge in [-0.25, -0.2) is 8.42 Å². The van der Waals surface area contributed by atoms with Crippen LogP contribution in [0, 0.1) is 6.92 Å². The molecule has 0 aliphatic carbocycles. The Kier molecular flexibility index (Phi) is 6.50. The summed E-state index contributed by atoms with van der Waals surface area (Å²) in [6.07, 6.45) is 2.08. The van der Waals surface area contributed by atoms with Gasteiger partial charge in [0, 0.05) is 4.47 Å². The quantitative estimate of drug-likeness (QED) is 0.756. The first-order valence-corrected chi connectivity index (χ1v) is 9.45. The van der Waals surface area contributed by atoms with Crippen molar-refractivity contribution in [2.75, 3.05) is 12.0 Å². The second kappa shape index (κ2) is 7.44. The van der Waals surface area contributed by atoms with E-state index >= 15 is 0 Å². The number of aliphatic carboxylic acids is 1. The normalized spacial score (nSPS) is 13.2. The van der Waals surface area contributed by atoms with E-state index in [9.17, 15) is 13.2 Å². The molecule has 0 radical (unpaired) electrons. The van der Waals surface area contributed by atoms with Gasteiger partial charge in [0.25, 0.3) is 0 Å². The molecule has 0 bridgehead atoms. The maximum absolute atomic E-state index is 12.3. The zero-order valence-corrected chi connectivity index (χ0v) is 14.3. The van der Waals surface area contributed by atoms with Crippen LogP contribution in [0.15, 0.2) is 27.6 Å². The highest BCUT2D eigenvalue weighted by atomic mass is 79.9. The number of carboxylic acids is 1. The molecule has 1 aromatic carbocycles. The van der Waals surface area contributed by atoms with Crippen molar-refractivity contribution in [3.05, 3.63) is 28.2 Å². The van der Waals surface area contributed by atoms with E-state index in [4.69, 9.17) is 5.11 Å². The summed E-state index contributed by atoms with van der Waals surface area (Å²) in [7, 11) is -3.86. The van der Waals surface area contributed by atoms with E-state index in [2.05, 4.69) is 20.7 Å². The minimum Gasteiger partial charge on any atom is -0.480 e. The molecule has 0 spiro atoms. The zero-order valence-electron chi connectivity index (χ0n) is 11.1. The summed E-state index contributed by atoms with van der Waals surface area (Å²) in [6.45, 7) is 1.67. The molecule has 0 amide bonds. The van der Waals surface area contributed by atoms with Gasteiger partial charge >= 0.3 is 5.97 Å². The fraction of sp³-hybridized carbons (Fsp3) is 0.417. The number of nitrogens with one attached hydrogen (secondary N) is 1. The van der Waals surface area contributed by atoms with Gasteiger partial charge in [0.2, 0.25) is 10.0 Å². The van der Waals surface area contributed by atoms with Crippen molar-refractivity contribution in [3.8, 4) is 0 Å². The van der Waals surface area contributed by atoms with Gasteiger partial charge in [-0.1, -0.05) is 22.0 Å². The van der Waals surface area contributed by atoms with Crippen LogP contribution in [0.3, 0.4) is 0 Å².